The van der Waals surface area contributed by atoms with Crippen molar-refractivity contribution in [1.82, 2.24) is 4.72 Å². The molecule has 0 spiro atoms. The Bertz CT molecular complexity index is 506. The third kappa shape index (κ3) is 5.26. The van der Waals surface area contributed by atoms with Crippen LogP contribution in [0.4, 0.5) is 4.39 Å². The molecule has 0 radical (unpaired) electrons. The third-order valence-electron chi connectivity index (χ3n) is 2.86. The van der Waals surface area contributed by atoms with E-state index in [9.17, 15) is 12.8 Å². The summed E-state index contributed by atoms with van der Waals surface area (Å²) in [6, 6.07) is 3.31. The quantitative estimate of drug-likeness (QED) is 0.749. The van der Waals surface area contributed by atoms with Crippen LogP contribution in [0, 0.1) is 19.7 Å². The van der Waals surface area contributed by atoms with Gasteiger partial charge in [0.25, 0.3) is 0 Å². The summed E-state index contributed by atoms with van der Waals surface area (Å²) in [6.45, 7) is 4.02. The molecule has 1 aromatic rings. The highest BCUT2D eigenvalue weighted by Gasteiger charge is 2.10. The first-order chi connectivity index (χ1) is 8.85. The summed E-state index contributed by atoms with van der Waals surface area (Å²) < 4.78 is 39.3. The molecule has 0 saturated carbocycles. The number of nitrogens with two attached hydrogens (primary N) is 1. The Labute approximate surface area is 114 Å². The molecule has 0 atom stereocenters. The molecule has 3 N–H and O–H groups in total. The lowest BCUT2D eigenvalue weighted by atomic mass is 10.1. The summed E-state index contributed by atoms with van der Waals surface area (Å²) in [4.78, 5) is 0. The minimum Gasteiger partial charge on any atom is -0.330 e. The van der Waals surface area contributed by atoms with Crippen molar-refractivity contribution in [3.63, 3.8) is 0 Å². The van der Waals surface area contributed by atoms with Gasteiger partial charge in [-0.25, -0.2) is 17.5 Å². The second-order valence-corrected chi connectivity index (χ2v) is 6.61. The lowest BCUT2D eigenvalue weighted by Gasteiger charge is -2.09. The first-order valence-corrected chi connectivity index (χ1v) is 7.94. The molecule has 0 amide bonds. The highest BCUT2D eigenvalue weighted by molar-refractivity contribution is 7.89. The van der Waals surface area contributed by atoms with E-state index in [-0.39, 0.29) is 18.1 Å². The van der Waals surface area contributed by atoms with Gasteiger partial charge in [-0.15, -0.1) is 0 Å². The first kappa shape index (κ1) is 16.1. The minimum atomic E-state index is -3.29. The van der Waals surface area contributed by atoms with Crippen LogP contribution in [0.5, 0.6) is 0 Å². The van der Waals surface area contributed by atoms with Crippen LogP contribution in [0.3, 0.4) is 0 Å². The minimum absolute atomic E-state index is 0.0728. The molecular weight excluding hydrogens is 267 g/mol. The predicted octanol–water partition coefficient (Wildman–Crippen LogP) is 1.60. The predicted molar refractivity (Wildman–Crippen MR) is 74.8 cm³/mol. The molecule has 0 aliphatic heterocycles. The zero-order valence-corrected chi connectivity index (χ0v) is 12.2. The summed E-state index contributed by atoms with van der Waals surface area (Å²) in [5.74, 6) is -0.168. The van der Waals surface area contributed by atoms with Crippen LogP contribution in [0.1, 0.15) is 29.5 Å². The van der Waals surface area contributed by atoms with Gasteiger partial charge in [-0.05, 0) is 49.9 Å². The number of hydrogen-bond acceptors (Lipinski definition) is 3. The van der Waals surface area contributed by atoms with E-state index in [0.29, 0.717) is 30.5 Å². The van der Waals surface area contributed by atoms with Gasteiger partial charge >= 0.3 is 0 Å². The van der Waals surface area contributed by atoms with E-state index in [0.717, 1.165) is 5.56 Å². The van der Waals surface area contributed by atoms with Crippen molar-refractivity contribution >= 4 is 10.0 Å². The van der Waals surface area contributed by atoms with Gasteiger partial charge < -0.3 is 5.73 Å². The largest absolute Gasteiger partial charge is 0.330 e. The van der Waals surface area contributed by atoms with Gasteiger partial charge in [-0.3, -0.25) is 0 Å². The van der Waals surface area contributed by atoms with Gasteiger partial charge in [-0.2, -0.15) is 0 Å². The van der Waals surface area contributed by atoms with Gasteiger partial charge in [0.05, 0.1) is 5.75 Å². The second kappa shape index (κ2) is 6.98. The molecule has 1 aromatic carbocycles. The maximum absolute atomic E-state index is 13.4. The van der Waals surface area contributed by atoms with E-state index < -0.39 is 10.0 Å². The lowest BCUT2D eigenvalue weighted by Crippen LogP contribution is -2.26. The number of nitrogens with one attached hydrogen (secondary N) is 1. The Kier molecular flexibility index (Phi) is 5.90. The number of halogens is 1. The first-order valence-electron chi connectivity index (χ1n) is 6.29. The number of hydrogen-bond donors (Lipinski definition) is 2. The fourth-order valence-corrected chi connectivity index (χ4v) is 2.95. The molecule has 4 nitrogen and oxygen atoms in total. The van der Waals surface area contributed by atoms with Crippen molar-refractivity contribution in [2.45, 2.75) is 33.2 Å². The topological polar surface area (TPSA) is 72.2 Å². The Morgan fingerprint density at radius 2 is 1.79 bits per heavy atom. The van der Waals surface area contributed by atoms with Gasteiger partial charge in [0, 0.05) is 6.54 Å². The molecule has 0 bridgehead atoms. The van der Waals surface area contributed by atoms with Crippen LogP contribution in [0.15, 0.2) is 12.1 Å². The van der Waals surface area contributed by atoms with Crippen LogP contribution in [0.25, 0.3) is 0 Å². The Morgan fingerprint density at radius 3 is 2.32 bits per heavy atom. The highest BCUT2D eigenvalue weighted by atomic mass is 32.2. The molecule has 0 aliphatic rings. The molecule has 0 heterocycles. The van der Waals surface area contributed by atoms with E-state index in [1.54, 1.807) is 26.0 Å². The summed E-state index contributed by atoms with van der Waals surface area (Å²) in [7, 11) is -3.29. The van der Waals surface area contributed by atoms with Gasteiger partial charge in [0.1, 0.15) is 5.82 Å². The van der Waals surface area contributed by atoms with Gasteiger partial charge in [-0.1, -0.05) is 12.1 Å². The molecule has 0 unspecified atom stereocenters. The van der Waals surface area contributed by atoms with Gasteiger partial charge in [0.15, 0.2) is 0 Å². The molecule has 0 saturated heterocycles. The van der Waals surface area contributed by atoms with Crippen molar-refractivity contribution in [2.75, 3.05) is 12.3 Å². The SMILES string of the molecule is Cc1cc(CNS(=O)(=O)CCCCN)cc(C)c1F. The van der Waals surface area contributed by atoms with E-state index in [2.05, 4.69) is 4.72 Å². The average Bonchev–Trinajstić information content (AvgIpc) is 2.33. The molecule has 0 aromatic heterocycles. The lowest BCUT2D eigenvalue weighted by molar-refractivity contribution is 0.576. The molecule has 108 valence electrons. The van der Waals surface area contributed by atoms with Crippen molar-refractivity contribution in [3.05, 3.63) is 34.6 Å². The van der Waals surface area contributed by atoms with Crippen LogP contribution in [-0.2, 0) is 16.6 Å². The van der Waals surface area contributed by atoms with E-state index in [4.69, 9.17) is 5.73 Å². The Morgan fingerprint density at radius 1 is 1.21 bits per heavy atom. The number of unbranched alkanes of at least 4 members (excludes halogenated alkanes) is 1. The summed E-state index contributed by atoms with van der Waals surface area (Å²) in [5, 5.41) is 0. The van der Waals surface area contributed by atoms with Crippen LogP contribution < -0.4 is 10.5 Å². The van der Waals surface area contributed by atoms with Crippen LogP contribution >= 0.6 is 0 Å². The molecule has 6 heteroatoms. The van der Waals surface area contributed by atoms with Crippen molar-refractivity contribution < 1.29 is 12.8 Å². The number of rotatable bonds is 7. The Balaban J connectivity index is 2.61. The van der Waals surface area contributed by atoms with E-state index in [1.807, 2.05) is 0 Å². The standard InChI is InChI=1S/C13H21FN2O2S/c1-10-7-12(8-11(2)13(10)14)9-16-19(17,18)6-4-3-5-15/h7-8,16H,3-6,9,15H2,1-2H3. The summed E-state index contributed by atoms with van der Waals surface area (Å²) in [6.07, 6.45) is 1.24. The molecule has 0 aliphatic carbocycles. The average molecular weight is 288 g/mol. The maximum Gasteiger partial charge on any atom is 0.211 e. The van der Waals surface area contributed by atoms with E-state index in [1.165, 1.54) is 0 Å². The smallest absolute Gasteiger partial charge is 0.211 e. The highest BCUT2D eigenvalue weighted by Crippen LogP contribution is 2.14. The summed E-state index contributed by atoms with van der Waals surface area (Å²) in [5.41, 5.74) is 7.13. The fourth-order valence-electron chi connectivity index (χ4n) is 1.84. The summed E-state index contributed by atoms with van der Waals surface area (Å²) >= 11 is 0. The second-order valence-electron chi connectivity index (χ2n) is 4.68. The zero-order valence-electron chi connectivity index (χ0n) is 11.4. The number of sulfonamides is 1. The fraction of sp³-hybridized carbons (Fsp3) is 0.538. The molecule has 1 rings (SSSR count). The maximum atomic E-state index is 13.4. The zero-order chi connectivity index (χ0) is 14.5. The van der Waals surface area contributed by atoms with Crippen molar-refractivity contribution in [1.29, 1.82) is 0 Å². The third-order valence-corrected chi connectivity index (χ3v) is 4.27. The number of benzene rings is 1. The monoisotopic (exact) mass is 288 g/mol. The van der Waals surface area contributed by atoms with Crippen molar-refractivity contribution in [3.8, 4) is 0 Å². The van der Waals surface area contributed by atoms with Crippen LogP contribution in [0.2, 0.25) is 0 Å². The van der Waals surface area contributed by atoms with Gasteiger partial charge in [0.2, 0.25) is 10.0 Å². The molecule has 19 heavy (non-hydrogen) atoms. The van der Waals surface area contributed by atoms with Crippen LogP contribution in [-0.4, -0.2) is 20.7 Å². The normalized spacial score (nSPS) is 11.8. The number of aryl methyl sites for hydroxylation is 2. The molecular formula is C13H21FN2O2S. The van der Waals surface area contributed by atoms with E-state index >= 15 is 0 Å². The van der Waals surface area contributed by atoms with Crippen molar-refractivity contribution in [2.24, 2.45) is 5.73 Å². The molecule has 0 fully saturated rings. The Hall–Kier alpha value is -0.980.